The maximum absolute atomic E-state index is 4.77. The lowest BCUT2D eigenvalue weighted by Crippen LogP contribution is -1.85. The molecule has 3 aromatic heterocycles. The predicted octanol–water partition coefficient (Wildman–Crippen LogP) is 3.92. The average Bonchev–Trinajstić information content (AvgIpc) is 2.96. The molecule has 0 amide bonds. The molecule has 3 heterocycles. The highest BCUT2D eigenvalue weighted by Gasteiger charge is 2.20. The number of thiophene rings is 1. The number of imidazole rings is 1. The molecule has 0 fully saturated rings. The van der Waals surface area contributed by atoms with Crippen molar-refractivity contribution < 1.29 is 0 Å². The predicted molar refractivity (Wildman–Crippen MR) is 73.1 cm³/mol. The molecule has 86 valence electrons. The third-order valence-electron chi connectivity index (χ3n) is 3.41. The number of aromatic nitrogens is 2. The molecule has 4 heteroatoms. The zero-order chi connectivity index (χ0) is 11.4. The van der Waals surface area contributed by atoms with E-state index in [-0.39, 0.29) is 0 Å². The van der Waals surface area contributed by atoms with Crippen molar-refractivity contribution >= 4 is 27.6 Å². The molecule has 0 aliphatic heterocycles. The number of fused-ring (bicyclic) bond motifs is 3. The number of rotatable bonds is 1. The van der Waals surface area contributed by atoms with Crippen LogP contribution < -0.4 is 0 Å². The van der Waals surface area contributed by atoms with E-state index in [4.69, 9.17) is 4.98 Å². The summed E-state index contributed by atoms with van der Waals surface area (Å²) in [6, 6.07) is 2.16. The van der Waals surface area contributed by atoms with Gasteiger partial charge in [0.1, 0.15) is 5.69 Å². The maximum Gasteiger partial charge on any atom is 0.194 e. The first-order valence-electron chi connectivity index (χ1n) is 5.87. The average molecular weight is 260 g/mol. The van der Waals surface area contributed by atoms with Gasteiger partial charge in [0, 0.05) is 16.8 Å². The molecule has 0 N–H and O–H groups in total. The number of thiazole rings is 1. The zero-order valence-electron chi connectivity index (χ0n) is 9.56. The van der Waals surface area contributed by atoms with Crippen molar-refractivity contribution in [3.63, 3.8) is 0 Å². The first-order valence-corrected chi connectivity index (χ1v) is 7.56. The lowest BCUT2D eigenvalue weighted by Gasteiger charge is -1.93. The number of hydrogen-bond acceptors (Lipinski definition) is 3. The Hall–Kier alpha value is -1.13. The number of nitrogens with zero attached hydrogens (tertiary/aromatic N) is 2. The summed E-state index contributed by atoms with van der Waals surface area (Å²) in [6.07, 6.45) is 5.99. The van der Waals surface area contributed by atoms with Gasteiger partial charge in [0.05, 0.1) is 4.88 Å². The first kappa shape index (κ1) is 9.85. The Labute approximate surface area is 108 Å². The van der Waals surface area contributed by atoms with E-state index in [1.807, 2.05) is 11.3 Å². The van der Waals surface area contributed by atoms with Crippen LogP contribution in [0.1, 0.15) is 22.6 Å². The van der Waals surface area contributed by atoms with Gasteiger partial charge in [-0.05, 0) is 43.2 Å². The third kappa shape index (κ3) is 1.34. The second-order valence-electron chi connectivity index (χ2n) is 4.54. The van der Waals surface area contributed by atoms with Gasteiger partial charge in [-0.15, -0.1) is 22.7 Å². The van der Waals surface area contributed by atoms with E-state index >= 15 is 0 Å². The summed E-state index contributed by atoms with van der Waals surface area (Å²) in [6.45, 7) is 2.16. The largest absolute Gasteiger partial charge is 0.294 e. The van der Waals surface area contributed by atoms with E-state index in [0.717, 1.165) is 10.7 Å². The summed E-state index contributed by atoms with van der Waals surface area (Å²) in [5.74, 6) is 0. The fraction of sp³-hybridized carbons (Fsp3) is 0.308. The molecule has 0 atom stereocenters. The highest BCUT2D eigenvalue weighted by molar-refractivity contribution is 7.17. The van der Waals surface area contributed by atoms with Crippen molar-refractivity contribution in [2.24, 2.45) is 0 Å². The molecule has 4 rings (SSSR count). The molecular weight excluding hydrogens is 248 g/mol. The van der Waals surface area contributed by atoms with E-state index in [0.29, 0.717) is 0 Å². The lowest BCUT2D eigenvalue weighted by molar-refractivity contribution is 0.888. The van der Waals surface area contributed by atoms with Gasteiger partial charge in [-0.25, -0.2) is 4.98 Å². The topological polar surface area (TPSA) is 17.3 Å². The SMILES string of the molecule is Cc1ccsc1-c1cn2c3c(sc2n1)CCC3. The van der Waals surface area contributed by atoms with E-state index in [1.165, 1.54) is 35.4 Å². The Balaban J connectivity index is 1.94. The van der Waals surface area contributed by atoms with Crippen LogP contribution in [0.25, 0.3) is 15.5 Å². The Bertz CT molecular complexity index is 702. The van der Waals surface area contributed by atoms with Gasteiger partial charge in [0.15, 0.2) is 4.96 Å². The van der Waals surface area contributed by atoms with Crippen LogP contribution in [0, 0.1) is 6.92 Å². The highest BCUT2D eigenvalue weighted by Crippen LogP contribution is 2.34. The minimum atomic E-state index is 1.14. The van der Waals surface area contributed by atoms with Gasteiger partial charge in [0.25, 0.3) is 0 Å². The van der Waals surface area contributed by atoms with E-state index in [2.05, 4.69) is 29.0 Å². The number of aryl methyl sites for hydroxylation is 3. The standard InChI is InChI=1S/C13H12N2S2/c1-8-5-6-16-12(8)9-7-15-10-3-2-4-11(10)17-13(15)14-9/h5-7H,2-4H2,1H3. The Morgan fingerprint density at radius 1 is 1.35 bits per heavy atom. The molecule has 17 heavy (non-hydrogen) atoms. The van der Waals surface area contributed by atoms with Crippen molar-refractivity contribution in [2.45, 2.75) is 26.2 Å². The van der Waals surface area contributed by atoms with Crippen molar-refractivity contribution in [1.29, 1.82) is 0 Å². The van der Waals surface area contributed by atoms with E-state index in [9.17, 15) is 0 Å². The molecule has 0 aromatic carbocycles. The van der Waals surface area contributed by atoms with Crippen LogP contribution in [0.15, 0.2) is 17.6 Å². The Morgan fingerprint density at radius 3 is 3.12 bits per heavy atom. The van der Waals surface area contributed by atoms with E-state index in [1.54, 1.807) is 16.2 Å². The summed E-state index contributed by atoms with van der Waals surface area (Å²) in [4.78, 5) is 8.79. The normalized spacial score (nSPS) is 14.6. The monoisotopic (exact) mass is 260 g/mol. The van der Waals surface area contributed by atoms with Crippen molar-refractivity contribution in [3.8, 4) is 10.6 Å². The fourth-order valence-electron chi connectivity index (χ4n) is 2.55. The van der Waals surface area contributed by atoms with Crippen LogP contribution in [0.3, 0.4) is 0 Å². The Morgan fingerprint density at radius 2 is 2.29 bits per heavy atom. The maximum atomic E-state index is 4.77. The highest BCUT2D eigenvalue weighted by atomic mass is 32.1. The lowest BCUT2D eigenvalue weighted by atomic mass is 10.2. The summed E-state index contributed by atoms with van der Waals surface area (Å²) in [7, 11) is 0. The van der Waals surface area contributed by atoms with E-state index < -0.39 is 0 Å². The zero-order valence-corrected chi connectivity index (χ0v) is 11.2. The molecule has 1 aliphatic rings. The van der Waals surface area contributed by atoms with Crippen LogP contribution >= 0.6 is 22.7 Å². The first-order chi connectivity index (χ1) is 8.33. The molecule has 1 aliphatic carbocycles. The minimum absolute atomic E-state index is 1.14. The van der Waals surface area contributed by atoms with Crippen LogP contribution in [0.4, 0.5) is 0 Å². The number of hydrogen-bond donors (Lipinski definition) is 0. The molecule has 0 unspecified atom stereocenters. The minimum Gasteiger partial charge on any atom is -0.294 e. The van der Waals surface area contributed by atoms with Crippen LogP contribution in [0.5, 0.6) is 0 Å². The molecule has 0 radical (unpaired) electrons. The second-order valence-corrected chi connectivity index (χ2v) is 6.52. The van der Waals surface area contributed by atoms with Crippen LogP contribution in [0.2, 0.25) is 0 Å². The molecule has 3 aromatic rings. The van der Waals surface area contributed by atoms with Crippen molar-refractivity contribution in [2.75, 3.05) is 0 Å². The molecule has 0 spiro atoms. The quantitative estimate of drug-likeness (QED) is 0.648. The molecule has 0 bridgehead atoms. The van der Waals surface area contributed by atoms with Gasteiger partial charge in [-0.2, -0.15) is 0 Å². The second kappa shape index (κ2) is 3.43. The summed E-state index contributed by atoms with van der Waals surface area (Å²) >= 11 is 3.65. The van der Waals surface area contributed by atoms with Gasteiger partial charge in [0.2, 0.25) is 0 Å². The summed E-state index contributed by atoms with van der Waals surface area (Å²) in [5.41, 5.74) is 3.97. The molecule has 2 nitrogen and oxygen atoms in total. The smallest absolute Gasteiger partial charge is 0.194 e. The summed E-state index contributed by atoms with van der Waals surface area (Å²) < 4.78 is 2.31. The van der Waals surface area contributed by atoms with Gasteiger partial charge in [-0.3, -0.25) is 4.40 Å². The summed E-state index contributed by atoms with van der Waals surface area (Å²) in [5, 5.41) is 2.14. The van der Waals surface area contributed by atoms with Gasteiger partial charge < -0.3 is 0 Å². The fourth-order valence-corrected chi connectivity index (χ4v) is 4.62. The van der Waals surface area contributed by atoms with Crippen LogP contribution in [-0.4, -0.2) is 9.38 Å². The molecular formula is C13H12N2S2. The van der Waals surface area contributed by atoms with Gasteiger partial charge in [-0.1, -0.05) is 0 Å². The Kier molecular flexibility index (Phi) is 1.99. The molecule has 0 saturated carbocycles. The van der Waals surface area contributed by atoms with Gasteiger partial charge >= 0.3 is 0 Å². The van der Waals surface area contributed by atoms with Crippen molar-refractivity contribution in [3.05, 3.63) is 33.8 Å². The third-order valence-corrected chi connectivity index (χ3v) is 5.61. The van der Waals surface area contributed by atoms with Crippen molar-refractivity contribution in [1.82, 2.24) is 9.38 Å². The van der Waals surface area contributed by atoms with Crippen LogP contribution in [-0.2, 0) is 12.8 Å². The molecule has 0 saturated heterocycles.